The predicted molar refractivity (Wildman–Crippen MR) is 98.1 cm³/mol. The minimum absolute atomic E-state index is 0.247. The Morgan fingerprint density at radius 3 is 2.72 bits per heavy atom. The molecule has 3 aromatic rings. The molecular weight excluding hydrogens is 318 g/mol. The van der Waals surface area contributed by atoms with E-state index < -0.39 is 0 Å². The fourth-order valence-electron chi connectivity index (χ4n) is 2.16. The van der Waals surface area contributed by atoms with Crippen LogP contribution < -0.4 is 16.4 Å². The first kappa shape index (κ1) is 16.7. The lowest BCUT2D eigenvalue weighted by atomic mass is 10.3. The first-order chi connectivity index (χ1) is 12.1. The summed E-state index contributed by atoms with van der Waals surface area (Å²) < 4.78 is 1.48. The van der Waals surface area contributed by atoms with Crippen LogP contribution in [-0.4, -0.2) is 56.8 Å². The van der Waals surface area contributed by atoms with Gasteiger partial charge in [0.2, 0.25) is 11.9 Å². The number of hydrogen-bond acceptors (Lipinski definition) is 8. The van der Waals surface area contributed by atoms with Crippen molar-refractivity contribution in [2.45, 2.75) is 0 Å². The Kier molecular flexibility index (Phi) is 5.05. The molecule has 0 atom stereocenters. The van der Waals surface area contributed by atoms with Crippen molar-refractivity contribution in [3.8, 4) is 5.82 Å². The van der Waals surface area contributed by atoms with Crippen molar-refractivity contribution in [2.24, 2.45) is 0 Å². The zero-order valence-electron chi connectivity index (χ0n) is 14.2. The number of likely N-dealkylation sites (N-methyl/N-ethyl adjacent to an activating group) is 1. The van der Waals surface area contributed by atoms with E-state index in [1.54, 1.807) is 6.07 Å². The third-order valence-electron chi connectivity index (χ3n) is 3.40. The molecule has 130 valence electrons. The van der Waals surface area contributed by atoms with E-state index in [-0.39, 0.29) is 5.95 Å². The highest BCUT2D eigenvalue weighted by Crippen LogP contribution is 2.17. The zero-order chi connectivity index (χ0) is 17.6. The van der Waals surface area contributed by atoms with E-state index in [2.05, 4.69) is 35.6 Å². The zero-order valence-corrected chi connectivity index (χ0v) is 14.2. The van der Waals surface area contributed by atoms with E-state index in [4.69, 9.17) is 5.73 Å². The topological polar surface area (TPSA) is 110 Å². The molecule has 0 aliphatic carbocycles. The Morgan fingerprint density at radius 1 is 1.16 bits per heavy atom. The van der Waals surface area contributed by atoms with Crippen LogP contribution in [0.2, 0.25) is 0 Å². The summed E-state index contributed by atoms with van der Waals surface area (Å²) in [7, 11) is 4.04. The van der Waals surface area contributed by atoms with Gasteiger partial charge in [-0.2, -0.15) is 9.67 Å². The Bertz CT molecular complexity index is 813. The average Bonchev–Trinajstić information content (AvgIpc) is 2.96. The lowest BCUT2D eigenvalue weighted by Crippen LogP contribution is -2.21. The molecule has 0 bridgehead atoms. The summed E-state index contributed by atoms with van der Waals surface area (Å²) in [5, 5.41) is 10.7. The normalized spacial score (nSPS) is 10.8. The van der Waals surface area contributed by atoms with Crippen molar-refractivity contribution < 1.29 is 0 Å². The van der Waals surface area contributed by atoms with Gasteiger partial charge in [-0.1, -0.05) is 18.2 Å². The number of hydrogen-bond donors (Lipinski definition) is 3. The molecule has 2 aromatic heterocycles. The fraction of sp³-hybridized carbons (Fsp3) is 0.250. The molecule has 0 aliphatic heterocycles. The van der Waals surface area contributed by atoms with E-state index in [0.717, 1.165) is 18.8 Å². The number of nitrogens with one attached hydrogen (secondary N) is 2. The molecule has 9 heteroatoms. The van der Waals surface area contributed by atoms with Crippen LogP contribution in [-0.2, 0) is 0 Å². The van der Waals surface area contributed by atoms with Crippen LogP contribution in [0.1, 0.15) is 0 Å². The lowest BCUT2D eigenvalue weighted by molar-refractivity contribution is 0.425. The van der Waals surface area contributed by atoms with Crippen LogP contribution in [0.25, 0.3) is 5.82 Å². The molecule has 9 nitrogen and oxygen atoms in total. The summed E-state index contributed by atoms with van der Waals surface area (Å²) in [6.45, 7) is 1.67. The van der Waals surface area contributed by atoms with E-state index in [1.807, 2.05) is 44.4 Å². The lowest BCUT2D eigenvalue weighted by Gasteiger charge is -2.11. The molecule has 0 saturated heterocycles. The van der Waals surface area contributed by atoms with Crippen LogP contribution >= 0.6 is 0 Å². The number of nitrogen functional groups attached to an aromatic ring is 1. The third-order valence-corrected chi connectivity index (χ3v) is 3.40. The maximum absolute atomic E-state index is 5.98. The Hall–Kier alpha value is -3.20. The van der Waals surface area contributed by atoms with Crippen LogP contribution in [0.15, 0.2) is 42.7 Å². The second kappa shape index (κ2) is 7.58. The quantitative estimate of drug-likeness (QED) is 0.592. The molecule has 1 aromatic carbocycles. The van der Waals surface area contributed by atoms with Gasteiger partial charge in [0, 0.05) is 24.8 Å². The van der Waals surface area contributed by atoms with Crippen molar-refractivity contribution in [3.05, 3.63) is 42.7 Å². The molecular formula is C16H21N9. The summed E-state index contributed by atoms with van der Waals surface area (Å²) >= 11 is 0. The number of aromatic nitrogens is 5. The van der Waals surface area contributed by atoms with E-state index in [9.17, 15) is 0 Å². The summed E-state index contributed by atoms with van der Waals surface area (Å²) in [6, 6.07) is 11.4. The number of para-hydroxylation sites is 1. The van der Waals surface area contributed by atoms with Crippen LogP contribution in [0.5, 0.6) is 0 Å². The van der Waals surface area contributed by atoms with E-state index in [0.29, 0.717) is 17.6 Å². The SMILES string of the molecule is CN(C)CCNc1cc(-n2nc(Nc3ccccc3)nc2N)ncn1. The van der Waals surface area contributed by atoms with Gasteiger partial charge in [-0.3, -0.25) is 0 Å². The second-order valence-electron chi connectivity index (χ2n) is 5.69. The van der Waals surface area contributed by atoms with Crippen LogP contribution in [0.4, 0.5) is 23.4 Å². The van der Waals surface area contributed by atoms with Gasteiger partial charge in [-0.05, 0) is 26.2 Å². The summed E-state index contributed by atoms with van der Waals surface area (Å²) in [5.41, 5.74) is 6.86. The summed E-state index contributed by atoms with van der Waals surface area (Å²) in [4.78, 5) is 14.8. The first-order valence-corrected chi connectivity index (χ1v) is 7.87. The molecule has 0 aliphatic rings. The van der Waals surface area contributed by atoms with Crippen molar-refractivity contribution in [3.63, 3.8) is 0 Å². The molecule has 0 amide bonds. The average molecular weight is 339 g/mol. The molecule has 3 rings (SSSR count). The molecule has 0 radical (unpaired) electrons. The number of benzene rings is 1. The highest BCUT2D eigenvalue weighted by molar-refractivity contribution is 5.54. The van der Waals surface area contributed by atoms with Gasteiger partial charge in [0.25, 0.3) is 0 Å². The minimum Gasteiger partial charge on any atom is -0.369 e. The van der Waals surface area contributed by atoms with E-state index in [1.165, 1.54) is 11.0 Å². The third kappa shape index (κ3) is 4.42. The number of nitrogens with zero attached hydrogens (tertiary/aromatic N) is 6. The van der Waals surface area contributed by atoms with Crippen molar-refractivity contribution in [1.29, 1.82) is 0 Å². The molecule has 0 fully saturated rings. The van der Waals surface area contributed by atoms with Gasteiger partial charge in [0.05, 0.1) is 0 Å². The Balaban J connectivity index is 1.75. The standard InChI is InChI=1S/C16H21N9/c1-24(2)9-8-18-13-10-14(20-11-19-13)25-15(17)22-16(23-25)21-12-6-4-3-5-7-12/h3-7,10-11H,8-9H2,1-2H3,(H,18,19,20)(H3,17,21,22,23). The molecule has 2 heterocycles. The van der Waals surface area contributed by atoms with Gasteiger partial charge < -0.3 is 21.3 Å². The van der Waals surface area contributed by atoms with Gasteiger partial charge in [0.1, 0.15) is 12.1 Å². The van der Waals surface area contributed by atoms with Gasteiger partial charge in [-0.15, -0.1) is 5.10 Å². The maximum Gasteiger partial charge on any atom is 0.248 e. The largest absolute Gasteiger partial charge is 0.369 e. The van der Waals surface area contributed by atoms with Gasteiger partial charge >= 0.3 is 0 Å². The van der Waals surface area contributed by atoms with Crippen molar-refractivity contribution >= 4 is 23.4 Å². The number of anilines is 4. The monoisotopic (exact) mass is 339 g/mol. The van der Waals surface area contributed by atoms with Crippen molar-refractivity contribution in [1.82, 2.24) is 29.6 Å². The van der Waals surface area contributed by atoms with Crippen LogP contribution in [0.3, 0.4) is 0 Å². The molecule has 25 heavy (non-hydrogen) atoms. The fourth-order valence-corrected chi connectivity index (χ4v) is 2.16. The smallest absolute Gasteiger partial charge is 0.248 e. The maximum atomic E-state index is 5.98. The van der Waals surface area contributed by atoms with E-state index >= 15 is 0 Å². The first-order valence-electron chi connectivity index (χ1n) is 7.87. The molecule has 0 spiro atoms. The highest BCUT2D eigenvalue weighted by Gasteiger charge is 2.11. The molecule has 0 saturated carbocycles. The van der Waals surface area contributed by atoms with Gasteiger partial charge in [-0.25, -0.2) is 9.97 Å². The molecule has 4 N–H and O–H groups in total. The van der Waals surface area contributed by atoms with Crippen molar-refractivity contribution in [2.75, 3.05) is 43.6 Å². The minimum atomic E-state index is 0.247. The predicted octanol–water partition coefficient (Wildman–Crippen LogP) is 1.36. The van der Waals surface area contributed by atoms with Gasteiger partial charge in [0.15, 0.2) is 5.82 Å². The Morgan fingerprint density at radius 2 is 1.96 bits per heavy atom. The second-order valence-corrected chi connectivity index (χ2v) is 5.69. The van der Waals surface area contributed by atoms with Crippen LogP contribution in [0, 0.1) is 0 Å². The summed E-state index contributed by atoms with van der Waals surface area (Å²) in [5.74, 6) is 1.91. The molecule has 0 unspecified atom stereocenters. The summed E-state index contributed by atoms with van der Waals surface area (Å²) in [6.07, 6.45) is 1.47. The number of rotatable bonds is 7. The highest BCUT2D eigenvalue weighted by atomic mass is 15.4. The Labute approximate surface area is 145 Å². The number of nitrogens with two attached hydrogens (primary N) is 1.